The van der Waals surface area contributed by atoms with Gasteiger partial charge in [0.25, 0.3) is 11.8 Å². The van der Waals surface area contributed by atoms with Gasteiger partial charge in [-0.3, -0.25) is 14.9 Å². The van der Waals surface area contributed by atoms with E-state index in [1.807, 2.05) is 0 Å². The number of imide groups is 1. The molecule has 2 aromatic carbocycles. The molecule has 0 bridgehead atoms. The van der Waals surface area contributed by atoms with Gasteiger partial charge in [-0.25, -0.2) is 13.2 Å². The highest BCUT2D eigenvalue weighted by Crippen LogP contribution is 2.24. The van der Waals surface area contributed by atoms with E-state index in [-0.39, 0.29) is 47.3 Å². The maximum Gasteiger partial charge on any atom is 0.340 e. The van der Waals surface area contributed by atoms with Gasteiger partial charge in [-0.05, 0) is 42.5 Å². The van der Waals surface area contributed by atoms with Crippen molar-refractivity contribution in [2.45, 2.75) is 4.90 Å². The maximum absolute atomic E-state index is 12.8. The number of sulfonamides is 1. The zero-order chi connectivity index (χ0) is 24.0. The summed E-state index contributed by atoms with van der Waals surface area (Å²) in [4.78, 5) is 36.4. The Morgan fingerprint density at radius 2 is 1.76 bits per heavy atom. The molecule has 1 aliphatic rings. The molecule has 12 heteroatoms. The molecule has 0 atom stereocenters. The number of rotatable bonds is 7. The first-order valence-corrected chi connectivity index (χ1v) is 11.6. The molecule has 0 aromatic heterocycles. The summed E-state index contributed by atoms with van der Waals surface area (Å²) < 4.78 is 41.9. The Labute approximate surface area is 195 Å². The number of esters is 1. The van der Waals surface area contributed by atoms with Crippen LogP contribution in [0.2, 0.25) is 5.02 Å². The van der Waals surface area contributed by atoms with Crippen LogP contribution in [0.5, 0.6) is 5.75 Å². The lowest BCUT2D eigenvalue weighted by Gasteiger charge is -2.26. The summed E-state index contributed by atoms with van der Waals surface area (Å²) >= 11 is 6.04. The summed E-state index contributed by atoms with van der Waals surface area (Å²) in [7, 11) is -2.38. The molecule has 3 rings (SSSR count). The first kappa shape index (κ1) is 24.6. The van der Waals surface area contributed by atoms with Gasteiger partial charge >= 0.3 is 5.97 Å². The summed E-state index contributed by atoms with van der Waals surface area (Å²) in [5.74, 6) is -2.01. The van der Waals surface area contributed by atoms with E-state index in [1.54, 1.807) is 12.1 Å². The highest BCUT2D eigenvalue weighted by molar-refractivity contribution is 7.89. The predicted octanol–water partition coefficient (Wildman–Crippen LogP) is 1.48. The van der Waals surface area contributed by atoms with Gasteiger partial charge in [0.2, 0.25) is 10.0 Å². The third kappa shape index (κ3) is 6.08. The van der Waals surface area contributed by atoms with E-state index < -0.39 is 34.4 Å². The molecule has 0 radical (unpaired) electrons. The van der Waals surface area contributed by atoms with Crippen LogP contribution in [-0.2, 0) is 24.3 Å². The third-order valence-corrected chi connectivity index (χ3v) is 6.93. The van der Waals surface area contributed by atoms with Crippen molar-refractivity contribution >= 4 is 39.4 Å². The summed E-state index contributed by atoms with van der Waals surface area (Å²) in [5, 5.41) is 2.04. The van der Waals surface area contributed by atoms with Crippen molar-refractivity contribution in [2.24, 2.45) is 0 Å². The van der Waals surface area contributed by atoms with Gasteiger partial charge in [-0.1, -0.05) is 11.6 Å². The van der Waals surface area contributed by atoms with Crippen LogP contribution in [0.4, 0.5) is 0 Å². The van der Waals surface area contributed by atoms with Gasteiger partial charge in [0.05, 0.1) is 35.8 Å². The first-order chi connectivity index (χ1) is 15.7. The van der Waals surface area contributed by atoms with Crippen LogP contribution in [-0.4, -0.2) is 70.5 Å². The Hall–Kier alpha value is -2.99. The molecule has 0 aliphatic carbocycles. The number of halogens is 1. The van der Waals surface area contributed by atoms with Crippen molar-refractivity contribution in [2.75, 3.05) is 40.0 Å². The molecule has 1 saturated heterocycles. The Bertz CT molecular complexity index is 1150. The zero-order valence-corrected chi connectivity index (χ0v) is 19.1. The number of amides is 2. The summed E-state index contributed by atoms with van der Waals surface area (Å²) in [6.45, 7) is 0.149. The van der Waals surface area contributed by atoms with E-state index in [1.165, 1.54) is 35.7 Å². The van der Waals surface area contributed by atoms with Crippen molar-refractivity contribution in [3.8, 4) is 5.75 Å². The molecule has 2 amide bonds. The van der Waals surface area contributed by atoms with Crippen LogP contribution in [0.3, 0.4) is 0 Å². The Morgan fingerprint density at radius 3 is 2.39 bits per heavy atom. The Kier molecular flexibility index (Phi) is 8.03. The van der Waals surface area contributed by atoms with Crippen LogP contribution in [0.25, 0.3) is 0 Å². The van der Waals surface area contributed by atoms with E-state index in [9.17, 15) is 22.8 Å². The van der Waals surface area contributed by atoms with Crippen molar-refractivity contribution in [1.29, 1.82) is 0 Å². The molecule has 176 valence electrons. The largest absolute Gasteiger partial charge is 0.497 e. The number of methoxy groups -OCH3 is 1. The summed E-state index contributed by atoms with van der Waals surface area (Å²) in [5.41, 5.74) is -0.0141. The van der Waals surface area contributed by atoms with E-state index in [0.717, 1.165) is 6.07 Å². The molecule has 2 aromatic rings. The molecule has 0 spiro atoms. The fraction of sp³-hybridized carbons (Fsp3) is 0.286. The smallest absolute Gasteiger partial charge is 0.340 e. The van der Waals surface area contributed by atoms with Crippen molar-refractivity contribution in [3.05, 3.63) is 58.6 Å². The lowest BCUT2D eigenvalue weighted by molar-refractivity contribution is -0.123. The van der Waals surface area contributed by atoms with Gasteiger partial charge in [0.1, 0.15) is 5.75 Å². The monoisotopic (exact) mass is 496 g/mol. The molecule has 0 saturated carbocycles. The van der Waals surface area contributed by atoms with Crippen LogP contribution in [0.1, 0.15) is 20.7 Å². The fourth-order valence-electron chi connectivity index (χ4n) is 2.94. The molecular weight excluding hydrogens is 476 g/mol. The van der Waals surface area contributed by atoms with Gasteiger partial charge in [-0.15, -0.1) is 0 Å². The second kappa shape index (κ2) is 10.8. The number of hydrogen-bond donors (Lipinski definition) is 1. The number of benzene rings is 2. The molecule has 1 N–H and O–H groups in total. The normalized spacial score (nSPS) is 14.4. The SMILES string of the molecule is COc1ccc(C(=O)NC(=O)COC(=O)c2cc(S(=O)(=O)N3CCOCC3)ccc2Cl)cc1. The molecule has 33 heavy (non-hydrogen) atoms. The predicted molar refractivity (Wildman–Crippen MR) is 117 cm³/mol. The van der Waals surface area contributed by atoms with Crippen LogP contribution >= 0.6 is 11.6 Å². The van der Waals surface area contributed by atoms with Crippen LogP contribution in [0, 0.1) is 0 Å². The van der Waals surface area contributed by atoms with Crippen LogP contribution in [0.15, 0.2) is 47.4 Å². The van der Waals surface area contributed by atoms with Crippen molar-refractivity contribution < 1.29 is 37.0 Å². The van der Waals surface area contributed by atoms with Crippen molar-refractivity contribution in [1.82, 2.24) is 9.62 Å². The minimum Gasteiger partial charge on any atom is -0.497 e. The fourth-order valence-corrected chi connectivity index (χ4v) is 4.57. The number of hydrogen-bond acceptors (Lipinski definition) is 8. The van der Waals surface area contributed by atoms with Gasteiger partial charge in [-0.2, -0.15) is 4.31 Å². The summed E-state index contributed by atoms with van der Waals surface area (Å²) in [6, 6.07) is 9.68. The second-order valence-corrected chi connectivity index (χ2v) is 9.19. The average molecular weight is 497 g/mol. The Morgan fingerprint density at radius 1 is 1.09 bits per heavy atom. The topological polar surface area (TPSA) is 128 Å². The highest BCUT2D eigenvalue weighted by Gasteiger charge is 2.28. The zero-order valence-electron chi connectivity index (χ0n) is 17.6. The quantitative estimate of drug-likeness (QED) is 0.571. The lowest BCUT2D eigenvalue weighted by atomic mass is 10.2. The average Bonchev–Trinajstić information content (AvgIpc) is 2.83. The molecule has 1 heterocycles. The molecule has 10 nitrogen and oxygen atoms in total. The van der Waals surface area contributed by atoms with Gasteiger partial charge in [0, 0.05) is 18.7 Å². The van der Waals surface area contributed by atoms with E-state index in [2.05, 4.69) is 5.32 Å². The lowest BCUT2D eigenvalue weighted by Crippen LogP contribution is -2.40. The molecule has 1 aliphatic heterocycles. The number of nitrogens with zero attached hydrogens (tertiary/aromatic N) is 1. The maximum atomic E-state index is 12.8. The third-order valence-electron chi connectivity index (χ3n) is 4.71. The minimum atomic E-state index is -3.86. The molecule has 1 fully saturated rings. The number of ether oxygens (including phenoxy) is 3. The molecule has 0 unspecified atom stereocenters. The number of carbonyl (C=O) groups excluding carboxylic acids is 3. The van der Waals surface area contributed by atoms with E-state index >= 15 is 0 Å². The summed E-state index contributed by atoms with van der Waals surface area (Å²) in [6.07, 6.45) is 0. The van der Waals surface area contributed by atoms with Crippen molar-refractivity contribution in [3.63, 3.8) is 0 Å². The number of carbonyl (C=O) groups is 3. The van der Waals surface area contributed by atoms with Gasteiger partial charge in [0.15, 0.2) is 6.61 Å². The molecular formula is C21H21ClN2O8S. The van der Waals surface area contributed by atoms with Gasteiger partial charge < -0.3 is 14.2 Å². The number of morpholine rings is 1. The van der Waals surface area contributed by atoms with Crippen LogP contribution < -0.4 is 10.1 Å². The van der Waals surface area contributed by atoms with E-state index in [0.29, 0.717) is 5.75 Å². The standard InChI is InChI=1S/C21H21ClN2O8S/c1-30-15-4-2-14(3-5-15)20(26)23-19(25)13-32-21(27)17-12-16(6-7-18(17)22)33(28,29)24-8-10-31-11-9-24/h2-7,12H,8-11,13H2,1H3,(H,23,25,26). The minimum absolute atomic E-state index is 0.0457. The first-order valence-electron chi connectivity index (χ1n) is 9.75. The number of nitrogens with one attached hydrogen (secondary N) is 1. The Balaban J connectivity index is 1.63. The second-order valence-electron chi connectivity index (χ2n) is 6.84. The highest BCUT2D eigenvalue weighted by atomic mass is 35.5. The van der Waals surface area contributed by atoms with E-state index in [4.69, 9.17) is 25.8 Å².